The van der Waals surface area contributed by atoms with Crippen molar-refractivity contribution in [3.8, 4) is 0 Å². The summed E-state index contributed by atoms with van der Waals surface area (Å²) in [5, 5.41) is 3.43. The third-order valence-electron chi connectivity index (χ3n) is 2.85. The van der Waals surface area contributed by atoms with Gasteiger partial charge in [0.1, 0.15) is 0 Å². The maximum atomic E-state index is 3.43. The lowest BCUT2D eigenvalue weighted by atomic mass is 9.92. The summed E-state index contributed by atoms with van der Waals surface area (Å²) in [6.07, 6.45) is 0. The van der Waals surface area contributed by atoms with Gasteiger partial charge in [-0.3, -0.25) is 0 Å². The second-order valence-corrected chi connectivity index (χ2v) is 5.60. The van der Waals surface area contributed by atoms with Gasteiger partial charge in [0, 0.05) is 19.6 Å². The highest BCUT2D eigenvalue weighted by Crippen LogP contribution is 2.16. The molecule has 2 heteroatoms. The van der Waals surface area contributed by atoms with Crippen molar-refractivity contribution in [3.05, 3.63) is 35.9 Å². The zero-order valence-corrected chi connectivity index (χ0v) is 11.7. The minimum absolute atomic E-state index is 0.319. The van der Waals surface area contributed by atoms with E-state index >= 15 is 0 Å². The molecule has 1 aromatic carbocycles. The highest BCUT2D eigenvalue weighted by molar-refractivity contribution is 5.14. The van der Waals surface area contributed by atoms with Crippen LogP contribution in [-0.4, -0.2) is 31.6 Å². The van der Waals surface area contributed by atoms with Crippen LogP contribution in [0.5, 0.6) is 0 Å². The number of rotatable bonds is 7. The van der Waals surface area contributed by atoms with Crippen molar-refractivity contribution in [2.24, 2.45) is 5.41 Å². The lowest BCUT2D eigenvalue weighted by molar-refractivity contribution is 0.199. The van der Waals surface area contributed by atoms with E-state index in [-0.39, 0.29) is 0 Å². The molecule has 0 radical (unpaired) electrons. The molecule has 0 saturated carbocycles. The van der Waals surface area contributed by atoms with Gasteiger partial charge in [-0.15, -0.1) is 0 Å². The van der Waals surface area contributed by atoms with E-state index in [0.717, 1.165) is 26.2 Å². The van der Waals surface area contributed by atoms with Gasteiger partial charge in [0.15, 0.2) is 0 Å². The molecule has 0 bridgehead atoms. The van der Waals surface area contributed by atoms with Crippen LogP contribution < -0.4 is 5.32 Å². The Hall–Kier alpha value is -0.860. The number of nitrogens with one attached hydrogen (secondary N) is 1. The minimum atomic E-state index is 0.319. The molecule has 0 amide bonds. The Balaban J connectivity index is 2.41. The van der Waals surface area contributed by atoms with Crippen LogP contribution in [-0.2, 0) is 6.54 Å². The van der Waals surface area contributed by atoms with Gasteiger partial charge in [0.2, 0.25) is 0 Å². The predicted octanol–water partition coefficient (Wildman–Crippen LogP) is 2.75. The van der Waals surface area contributed by atoms with E-state index in [9.17, 15) is 0 Å². The minimum Gasteiger partial charge on any atom is -0.316 e. The maximum absolute atomic E-state index is 3.43. The fourth-order valence-corrected chi connectivity index (χ4v) is 2.20. The lowest BCUT2D eigenvalue weighted by Gasteiger charge is -2.30. The van der Waals surface area contributed by atoms with Gasteiger partial charge >= 0.3 is 0 Å². The molecule has 0 saturated heterocycles. The zero-order chi connectivity index (χ0) is 12.7. The molecule has 1 aromatic rings. The standard InChI is InChI=1S/C15H26N2/c1-5-16-12-15(2,3)13-17(4)11-14-9-7-6-8-10-14/h6-10,16H,5,11-13H2,1-4H3. The molecule has 17 heavy (non-hydrogen) atoms. The molecule has 1 N–H and O–H groups in total. The summed E-state index contributed by atoms with van der Waals surface area (Å²) >= 11 is 0. The molecule has 0 aromatic heterocycles. The quantitative estimate of drug-likeness (QED) is 0.780. The molecule has 0 fully saturated rings. The molecule has 0 aliphatic heterocycles. The van der Waals surface area contributed by atoms with Gasteiger partial charge in [-0.1, -0.05) is 51.1 Å². The molecule has 0 aliphatic carbocycles. The van der Waals surface area contributed by atoms with Crippen molar-refractivity contribution in [2.45, 2.75) is 27.3 Å². The third-order valence-corrected chi connectivity index (χ3v) is 2.85. The van der Waals surface area contributed by atoms with Gasteiger partial charge in [-0.05, 0) is 24.6 Å². The van der Waals surface area contributed by atoms with Gasteiger partial charge in [0.25, 0.3) is 0 Å². The third kappa shape index (κ3) is 5.85. The van der Waals surface area contributed by atoms with E-state index < -0.39 is 0 Å². The van der Waals surface area contributed by atoms with Crippen molar-refractivity contribution in [1.82, 2.24) is 10.2 Å². The van der Waals surface area contributed by atoms with Crippen LogP contribution in [0, 0.1) is 5.41 Å². The van der Waals surface area contributed by atoms with Gasteiger partial charge < -0.3 is 10.2 Å². The molecule has 0 heterocycles. The molecular formula is C15H26N2. The Morgan fingerprint density at radius 3 is 2.41 bits per heavy atom. The van der Waals surface area contributed by atoms with Crippen molar-refractivity contribution >= 4 is 0 Å². The van der Waals surface area contributed by atoms with E-state index in [2.05, 4.69) is 68.4 Å². The highest BCUT2D eigenvalue weighted by atomic mass is 15.1. The smallest absolute Gasteiger partial charge is 0.0230 e. The second-order valence-electron chi connectivity index (χ2n) is 5.60. The largest absolute Gasteiger partial charge is 0.316 e. The van der Waals surface area contributed by atoms with Gasteiger partial charge in [0.05, 0.1) is 0 Å². The Bertz CT molecular complexity index is 306. The summed E-state index contributed by atoms with van der Waals surface area (Å²) < 4.78 is 0. The highest BCUT2D eigenvalue weighted by Gasteiger charge is 2.19. The molecule has 0 spiro atoms. The maximum Gasteiger partial charge on any atom is 0.0230 e. The number of nitrogens with zero attached hydrogens (tertiary/aromatic N) is 1. The number of hydrogen-bond acceptors (Lipinski definition) is 2. The van der Waals surface area contributed by atoms with Crippen LogP contribution in [0.1, 0.15) is 26.3 Å². The Morgan fingerprint density at radius 1 is 1.18 bits per heavy atom. The fourth-order valence-electron chi connectivity index (χ4n) is 2.20. The summed E-state index contributed by atoms with van der Waals surface area (Å²) in [6, 6.07) is 10.7. The van der Waals surface area contributed by atoms with Crippen LogP contribution >= 0.6 is 0 Å². The topological polar surface area (TPSA) is 15.3 Å². The SMILES string of the molecule is CCNCC(C)(C)CN(C)Cc1ccccc1. The van der Waals surface area contributed by atoms with E-state index in [0.29, 0.717) is 5.41 Å². The van der Waals surface area contributed by atoms with Crippen molar-refractivity contribution in [2.75, 3.05) is 26.7 Å². The lowest BCUT2D eigenvalue weighted by Crippen LogP contribution is -2.38. The summed E-state index contributed by atoms with van der Waals surface area (Å²) in [5.41, 5.74) is 1.70. The van der Waals surface area contributed by atoms with E-state index in [1.807, 2.05) is 0 Å². The Labute approximate surface area is 106 Å². The number of hydrogen-bond donors (Lipinski definition) is 1. The van der Waals surface area contributed by atoms with Crippen LogP contribution in [0.15, 0.2) is 30.3 Å². The first kappa shape index (κ1) is 14.2. The normalized spacial score (nSPS) is 12.1. The Morgan fingerprint density at radius 2 is 1.82 bits per heavy atom. The molecule has 0 atom stereocenters. The average molecular weight is 234 g/mol. The predicted molar refractivity (Wildman–Crippen MR) is 75.1 cm³/mol. The van der Waals surface area contributed by atoms with Crippen LogP contribution in [0.4, 0.5) is 0 Å². The van der Waals surface area contributed by atoms with Gasteiger partial charge in [-0.2, -0.15) is 0 Å². The van der Waals surface area contributed by atoms with E-state index in [1.54, 1.807) is 0 Å². The summed E-state index contributed by atoms with van der Waals surface area (Å²) in [7, 11) is 2.20. The van der Waals surface area contributed by atoms with Crippen LogP contribution in [0.25, 0.3) is 0 Å². The van der Waals surface area contributed by atoms with Crippen LogP contribution in [0.3, 0.4) is 0 Å². The zero-order valence-electron chi connectivity index (χ0n) is 11.7. The van der Waals surface area contributed by atoms with Gasteiger partial charge in [-0.25, -0.2) is 0 Å². The van der Waals surface area contributed by atoms with Crippen molar-refractivity contribution < 1.29 is 0 Å². The molecular weight excluding hydrogens is 208 g/mol. The Kier molecular flexibility index (Phi) is 5.66. The van der Waals surface area contributed by atoms with Crippen LogP contribution in [0.2, 0.25) is 0 Å². The van der Waals surface area contributed by atoms with Crippen molar-refractivity contribution in [1.29, 1.82) is 0 Å². The summed E-state index contributed by atoms with van der Waals surface area (Å²) in [5.74, 6) is 0. The molecule has 0 aliphatic rings. The second kappa shape index (κ2) is 6.77. The monoisotopic (exact) mass is 234 g/mol. The molecule has 96 valence electrons. The first-order valence-electron chi connectivity index (χ1n) is 6.47. The first-order valence-corrected chi connectivity index (χ1v) is 6.47. The molecule has 1 rings (SSSR count). The van der Waals surface area contributed by atoms with Crippen molar-refractivity contribution in [3.63, 3.8) is 0 Å². The summed E-state index contributed by atoms with van der Waals surface area (Å²) in [6.45, 7) is 11.0. The average Bonchev–Trinajstić information content (AvgIpc) is 2.27. The molecule has 0 unspecified atom stereocenters. The number of benzene rings is 1. The molecule has 2 nitrogen and oxygen atoms in total. The summed E-state index contributed by atoms with van der Waals surface area (Å²) in [4.78, 5) is 2.40. The van der Waals surface area contributed by atoms with E-state index in [4.69, 9.17) is 0 Å². The van der Waals surface area contributed by atoms with E-state index in [1.165, 1.54) is 5.56 Å². The fraction of sp³-hybridized carbons (Fsp3) is 0.600. The first-order chi connectivity index (χ1) is 8.03.